The van der Waals surface area contributed by atoms with Gasteiger partial charge in [-0.1, -0.05) is 17.7 Å². The van der Waals surface area contributed by atoms with Gasteiger partial charge in [-0.25, -0.2) is 4.79 Å². The van der Waals surface area contributed by atoms with Crippen LogP contribution in [0.3, 0.4) is 0 Å². The number of phenolic OH excluding ortho intramolecular Hbond substituents is 1. The average Bonchev–Trinajstić information content (AvgIpc) is 2.36. The summed E-state index contributed by atoms with van der Waals surface area (Å²) >= 11 is 5.94. The summed E-state index contributed by atoms with van der Waals surface area (Å²) in [6.07, 6.45) is 1.56. The van der Waals surface area contributed by atoms with Gasteiger partial charge >= 0.3 is 5.97 Å². The number of carbonyl (C=O) groups is 1. The van der Waals surface area contributed by atoms with E-state index >= 15 is 0 Å². The third kappa shape index (κ3) is 3.36. The lowest BCUT2D eigenvalue weighted by Crippen LogP contribution is -1.94. The molecule has 2 N–H and O–H groups in total. The summed E-state index contributed by atoms with van der Waals surface area (Å²) < 4.78 is 0. The van der Waals surface area contributed by atoms with Crippen molar-refractivity contribution in [2.45, 2.75) is 6.92 Å². The molecule has 0 aliphatic carbocycles. The van der Waals surface area contributed by atoms with Crippen LogP contribution in [0.4, 0.5) is 5.69 Å². The van der Waals surface area contributed by atoms with Crippen LogP contribution in [0.15, 0.2) is 41.4 Å². The maximum Gasteiger partial charge on any atom is 0.335 e. The van der Waals surface area contributed by atoms with Gasteiger partial charge in [-0.15, -0.1) is 0 Å². The van der Waals surface area contributed by atoms with Crippen LogP contribution >= 0.6 is 11.6 Å². The zero-order chi connectivity index (χ0) is 14.7. The molecule has 0 spiro atoms. The number of hydrogen-bond acceptors (Lipinski definition) is 3. The maximum atomic E-state index is 10.8. The van der Waals surface area contributed by atoms with Gasteiger partial charge in [-0.05, 0) is 48.4 Å². The van der Waals surface area contributed by atoms with Crippen molar-refractivity contribution in [2.24, 2.45) is 4.99 Å². The number of carboxylic acids is 1. The van der Waals surface area contributed by atoms with Crippen molar-refractivity contribution in [3.8, 4) is 5.75 Å². The summed E-state index contributed by atoms with van der Waals surface area (Å²) in [5, 5.41) is 19.1. The molecule has 0 bridgehead atoms. The number of rotatable bonds is 3. The van der Waals surface area contributed by atoms with Gasteiger partial charge in [0.1, 0.15) is 11.4 Å². The molecule has 0 aliphatic rings. The third-order valence-corrected chi connectivity index (χ3v) is 2.86. The number of phenols is 1. The molecule has 0 heterocycles. The molecule has 0 fully saturated rings. The molecule has 2 aromatic carbocycles. The van der Waals surface area contributed by atoms with Gasteiger partial charge in [0.15, 0.2) is 0 Å². The zero-order valence-corrected chi connectivity index (χ0v) is 11.4. The first-order chi connectivity index (χ1) is 9.45. The van der Waals surface area contributed by atoms with E-state index in [-0.39, 0.29) is 11.3 Å². The van der Waals surface area contributed by atoms with Crippen molar-refractivity contribution < 1.29 is 15.0 Å². The number of aromatic carboxylic acids is 1. The van der Waals surface area contributed by atoms with Crippen molar-refractivity contribution in [3.63, 3.8) is 0 Å². The molecule has 5 heteroatoms. The van der Waals surface area contributed by atoms with Gasteiger partial charge in [-0.2, -0.15) is 0 Å². The number of nitrogens with zero attached hydrogens (tertiary/aromatic N) is 1. The van der Waals surface area contributed by atoms with Crippen LogP contribution in [0, 0.1) is 6.92 Å². The van der Waals surface area contributed by atoms with E-state index in [0.29, 0.717) is 10.7 Å². The Kier molecular flexibility index (Phi) is 4.05. The summed E-state index contributed by atoms with van der Waals surface area (Å²) in [5.74, 6) is -1.28. The van der Waals surface area contributed by atoms with Crippen molar-refractivity contribution >= 4 is 29.5 Å². The van der Waals surface area contributed by atoms with Crippen LogP contribution in [-0.2, 0) is 0 Å². The highest BCUT2D eigenvalue weighted by Gasteiger charge is 2.06. The number of benzene rings is 2. The second-order valence-corrected chi connectivity index (χ2v) is 4.77. The van der Waals surface area contributed by atoms with Gasteiger partial charge in [0, 0.05) is 11.2 Å². The normalized spacial score (nSPS) is 10.9. The topological polar surface area (TPSA) is 69.9 Å². The first-order valence-corrected chi connectivity index (χ1v) is 6.21. The number of carboxylic acid groups (broad SMARTS) is 1. The number of aliphatic imine (C=N–C) groups is 1. The van der Waals surface area contributed by atoms with Crippen molar-refractivity contribution in [3.05, 3.63) is 58.1 Å². The van der Waals surface area contributed by atoms with E-state index in [1.165, 1.54) is 12.1 Å². The quantitative estimate of drug-likeness (QED) is 0.844. The lowest BCUT2D eigenvalue weighted by Gasteiger charge is -2.01. The number of halogens is 1. The molecule has 0 aromatic heterocycles. The highest BCUT2D eigenvalue weighted by molar-refractivity contribution is 6.30. The van der Waals surface area contributed by atoms with Crippen molar-refractivity contribution in [1.29, 1.82) is 0 Å². The molecule has 0 amide bonds. The summed E-state index contributed by atoms with van der Waals surface area (Å²) in [4.78, 5) is 14.9. The summed E-state index contributed by atoms with van der Waals surface area (Å²) in [6.45, 7) is 1.92. The highest BCUT2D eigenvalue weighted by Crippen LogP contribution is 2.27. The Morgan fingerprint density at radius 2 is 2.00 bits per heavy atom. The van der Waals surface area contributed by atoms with Gasteiger partial charge in [-0.3, -0.25) is 4.99 Å². The Morgan fingerprint density at radius 1 is 1.25 bits per heavy atom. The molecule has 2 aromatic rings. The van der Waals surface area contributed by atoms with E-state index in [9.17, 15) is 9.90 Å². The fourth-order valence-electron chi connectivity index (χ4n) is 1.75. The van der Waals surface area contributed by atoms with Crippen LogP contribution in [-0.4, -0.2) is 22.4 Å². The Labute approximate surface area is 121 Å². The van der Waals surface area contributed by atoms with Gasteiger partial charge < -0.3 is 10.2 Å². The Hall–Kier alpha value is -2.33. The number of aromatic hydroxyl groups is 1. The summed E-state index contributed by atoms with van der Waals surface area (Å²) in [6, 6.07) is 9.49. The summed E-state index contributed by atoms with van der Waals surface area (Å²) in [7, 11) is 0. The first-order valence-electron chi connectivity index (χ1n) is 5.83. The van der Waals surface area contributed by atoms with E-state index in [0.717, 1.165) is 17.2 Å². The maximum absolute atomic E-state index is 10.8. The Bertz CT molecular complexity index is 675. The molecule has 2 rings (SSSR count). The van der Waals surface area contributed by atoms with Gasteiger partial charge in [0.05, 0.1) is 5.56 Å². The zero-order valence-electron chi connectivity index (χ0n) is 10.7. The largest absolute Gasteiger partial charge is 0.506 e. The highest BCUT2D eigenvalue weighted by atomic mass is 35.5. The Morgan fingerprint density at radius 3 is 2.60 bits per heavy atom. The molecule has 0 atom stereocenters. The first kappa shape index (κ1) is 14.1. The average molecular weight is 290 g/mol. The van der Waals surface area contributed by atoms with E-state index < -0.39 is 5.97 Å². The fraction of sp³-hybridized carbons (Fsp3) is 0.0667. The lowest BCUT2D eigenvalue weighted by atomic mass is 10.1. The minimum absolute atomic E-state index is 0.0139. The number of aryl methyl sites for hydroxylation is 1. The van der Waals surface area contributed by atoms with E-state index in [4.69, 9.17) is 16.7 Å². The molecule has 20 heavy (non-hydrogen) atoms. The molecule has 0 radical (unpaired) electrons. The van der Waals surface area contributed by atoms with E-state index in [1.807, 2.05) is 19.1 Å². The minimum atomic E-state index is -1.10. The summed E-state index contributed by atoms with van der Waals surface area (Å²) in [5.41, 5.74) is 2.12. The molecule has 4 nitrogen and oxygen atoms in total. The minimum Gasteiger partial charge on any atom is -0.506 e. The van der Waals surface area contributed by atoms with Crippen LogP contribution in [0.5, 0.6) is 5.75 Å². The SMILES string of the molecule is Cc1cc(Cl)cc(C=Nc2ccc(C(=O)O)cc2O)c1. The van der Waals surface area contributed by atoms with Crippen LogP contribution in [0.2, 0.25) is 5.02 Å². The molecule has 0 aliphatic heterocycles. The van der Waals surface area contributed by atoms with E-state index in [2.05, 4.69) is 4.99 Å². The lowest BCUT2D eigenvalue weighted by molar-refractivity contribution is 0.0696. The van der Waals surface area contributed by atoms with E-state index in [1.54, 1.807) is 12.3 Å². The van der Waals surface area contributed by atoms with Crippen LogP contribution < -0.4 is 0 Å². The third-order valence-electron chi connectivity index (χ3n) is 2.64. The monoisotopic (exact) mass is 289 g/mol. The molecule has 0 saturated carbocycles. The van der Waals surface area contributed by atoms with Crippen molar-refractivity contribution in [2.75, 3.05) is 0 Å². The van der Waals surface area contributed by atoms with Gasteiger partial charge in [0.2, 0.25) is 0 Å². The molecular weight excluding hydrogens is 278 g/mol. The second kappa shape index (κ2) is 5.75. The standard InChI is InChI=1S/C15H12ClNO3/c1-9-4-10(6-12(16)5-9)8-17-13-3-2-11(15(19)20)7-14(13)18/h2-8,18H,1H3,(H,19,20). The van der Waals surface area contributed by atoms with Crippen molar-refractivity contribution in [1.82, 2.24) is 0 Å². The molecule has 0 unspecified atom stereocenters. The Balaban J connectivity index is 2.29. The fourth-order valence-corrected chi connectivity index (χ4v) is 2.05. The molecular formula is C15H12ClNO3. The molecule has 0 saturated heterocycles. The predicted octanol–water partition coefficient (Wildman–Crippen LogP) is 3.80. The van der Waals surface area contributed by atoms with Crippen LogP contribution in [0.1, 0.15) is 21.5 Å². The number of hydrogen-bond donors (Lipinski definition) is 2. The molecule has 102 valence electrons. The van der Waals surface area contributed by atoms with Crippen LogP contribution in [0.25, 0.3) is 0 Å². The second-order valence-electron chi connectivity index (χ2n) is 4.33. The smallest absolute Gasteiger partial charge is 0.335 e. The van der Waals surface area contributed by atoms with Gasteiger partial charge in [0.25, 0.3) is 0 Å². The predicted molar refractivity (Wildman–Crippen MR) is 78.5 cm³/mol.